The lowest BCUT2D eigenvalue weighted by Gasteiger charge is -2.31. The first-order valence-electron chi connectivity index (χ1n) is 10.5. The highest BCUT2D eigenvalue weighted by Crippen LogP contribution is 2.36. The number of rotatable bonds is 5. The molecule has 1 aliphatic heterocycles. The maximum atomic E-state index is 13.1. The lowest BCUT2D eigenvalue weighted by molar-refractivity contribution is -0.138. The lowest BCUT2D eigenvalue weighted by Crippen LogP contribution is -2.47. The van der Waals surface area contributed by atoms with E-state index in [4.69, 9.17) is 11.2 Å². The van der Waals surface area contributed by atoms with Crippen molar-refractivity contribution in [2.24, 2.45) is 0 Å². The van der Waals surface area contributed by atoms with Crippen LogP contribution in [0.2, 0.25) is 0 Å². The van der Waals surface area contributed by atoms with Gasteiger partial charge in [0, 0.05) is 6.04 Å². The largest absolute Gasteiger partial charge is 0.489 e. The van der Waals surface area contributed by atoms with Gasteiger partial charge in [-0.05, 0) is 50.7 Å². The summed E-state index contributed by atoms with van der Waals surface area (Å²) in [4.78, 5) is 14.1. The fraction of sp³-hybridized carbons (Fsp3) is 0.522. The van der Waals surface area contributed by atoms with E-state index in [9.17, 15) is 28.5 Å². The van der Waals surface area contributed by atoms with Gasteiger partial charge in [-0.15, -0.1) is 6.42 Å². The van der Waals surface area contributed by atoms with E-state index in [2.05, 4.69) is 17.3 Å². The molecule has 1 heterocycles. The number of benzene rings is 1. The molecular formula is C23H23F3N4O2. The van der Waals surface area contributed by atoms with Gasteiger partial charge in [-0.2, -0.15) is 23.7 Å². The third-order valence-corrected chi connectivity index (χ3v) is 5.97. The molecule has 1 aromatic rings. The Labute approximate surface area is 184 Å². The van der Waals surface area contributed by atoms with Crippen LogP contribution in [0.4, 0.5) is 13.2 Å². The Balaban J connectivity index is 1.52. The Morgan fingerprint density at radius 3 is 2.44 bits per heavy atom. The molecular weight excluding hydrogens is 421 g/mol. The monoisotopic (exact) mass is 444 g/mol. The van der Waals surface area contributed by atoms with Crippen molar-refractivity contribution in [1.29, 1.82) is 10.5 Å². The summed E-state index contributed by atoms with van der Waals surface area (Å²) in [5.74, 6) is 2.29. The van der Waals surface area contributed by atoms with Crippen LogP contribution in [0.5, 0.6) is 5.75 Å². The fourth-order valence-corrected chi connectivity index (χ4v) is 4.32. The van der Waals surface area contributed by atoms with Gasteiger partial charge in [-0.1, -0.05) is 12.0 Å². The first-order valence-corrected chi connectivity index (χ1v) is 10.5. The van der Waals surface area contributed by atoms with Gasteiger partial charge < -0.3 is 15.0 Å². The zero-order valence-corrected chi connectivity index (χ0v) is 17.4. The van der Waals surface area contributed by atoms with Crippen molar-refractivity contribution in [1.82, 2.24) is 10.2 Å². The van der Waals surface area contributed by atoms with Gasteiger partial charge in [0.15, 0.2) is 0 Å². The van der Waals surface area contributed by atoms with Gasteiger partial charge in [0.1, 0.15) is 23.4 Å². The van der Waals surface area contributed by atoms with Crippen molar-refractivity contribution in [2.45, 2.75) is 68.9 Å². The van der Waals surface area contributed by atoms with Crippen LogP contribution in [0.3, 0.4) is 0 Å². The summed E-state index contributed by atoms with van der Waals surface area (Å²) in [5, 5.41) is 21.6. The van der Waals surface area contributed by atoms with Gasteiger partial charge in [-0.25, -0.2) is 0 Å². The molecule has 0 radical (unpaired) electrons. The van der Waals surface area contributed by atoms with Crippen molar-refractivity contribution in [2.75, 3.05) is 6.54 Å². The topological polar surface area (TPSA) is 89.2 Å². The molecule has 1 saturated carbocycles. The van der Waals surface area contributed by atoms with Crippen LogP contribution in [0, 0.1) is 35.0 Å². The minimum atomic E-state index is -4.63. The molecule has 0 bridgehead atoms. The third kappa shape index (κ3) is 5.15. The number of amides is 1. The summed E-state index contributed by atoms with van der Waals surface area (Å²) >= 11 is 0. The lowest BCUT2D eigenvalue weighted by atomic mass is 9.92. The van der Waals surface area contributed by atoms with Gasteiger partial charge in [0.2, 0.25) is 5.91 Å². The number of nitriles is 2. The Morgan fingerprint density at radius 2 is 1.84 bits per heavy atom. The molecule has 2 fully saturated rings. The number of halogens is 3. The van der Waals surface area contributed by atoms with Crippen LogP contribution in [-0.2, 0) is 11.0 Å². The van der Waals surface area contributed by atoms with Gasteiger partial charge >= 0.3 is 6.18 Å². The second-order valence-corrected chi connectivity index (χ2v) is 7.97. The molecule has 1 aromatic carbocycles. The van der Waals surface area contributed by atoms with Crippen LogP contribution in [-0.4, -0.2) is 41.6 Å². The fourth-order valence-electron chi connectivity index (χ4n) is 4.32. The minimum absolute atomic E-state index is 0.0446. The maximum absolute atomic E-state index is 13.1. The van der Waals surface area contributed by atoms with Gasteiger partial charge in [0.25, 0.3) is 0 Å². The minimum Gasteiger partial charge on any atom is -0.489 e. The SMILES string of the molecule is C#C[C@H]1CC[C@@H](C#N)N1C(=O)CNC1CCC(Oc2cccc(C(F)(F)F)c2C#N)CC1. The zero-order valence-electron chi connectivity index (χ0n) is 17.4. The summed E-state index contributed by atoms with van der Waals surface area (Å²) in [6.45, 7) is 0.0682. The number of carbonyl (C=O) groups excluding carboxylic acids is 1. The second-order valence-electron chi connectivity index (χ2n) is 7.97. The number of hydrogen-bond donors (Lipinski definition) is 1. The maximum Gasteiger partial charge on any atom is 0.417 e. The molecule has 6 nitrogen and oxygen atoms in total. The van der Waals surface area contributed by atoms with Crippen molar-refractivity contribution in [3.8, 4) is 30.2 Å². The van der Waals surface area contributed by atoms with Gasteiger partial charge in [-0.3, -0.25) is 4.79 Å². The molecule has 2 atom stereocenters. The van der Waals surface area contributed by atoms with Crippen LogP contribution in [0.1, 0.15) is 49.7 Å². The number of likely N-dealkylation sites (tertiary alicyclic amines) is 1. The molecule has 0 unspecified atom stereocenters. The summed E-state index contributed by atoms with van der Waals surface area (Å²) < 4.78 is 45.1. The first-order chi connectivity index (χ1) is 15.3. The predicted molar refractivity (Wildman–Crippen MR) is 109 cm³/mol. The van der Waals surface area contributed by atoms with E-state index >= 15 is 0 Å². The number of terminal acetylenes is 1. The average molecular weight is 444 g/mol. The Morgan fingerprint density at radius 1 is 1.16 bits per heavy atom. The molecule has 1 aliphatic carbocycles. The van der Waals surface area contributed by atoms with E-state index < -0.39 is 23.3 Å². The second kappa shape index (κ2) is 9.94. The molecule has 32 heavy (non-hydrogen) atoms. The van der Waals surface area contributed by atoms with Crippen molar-refractivity contribution < 1.29 is 22.7 Å². The Bertz CT molecular complexity index is 943. The van der Waals surface area contributed by atoms with E-state index in [0.29, 0.717) is 38.5 Å². The molecule has 2 aliphatic rings. The summed E-state index contributed by atoms with van der Waals surface area (Å²) in [6, 6.07) is 6.38. The van der Waals surface area contributed by atoms with E-state index in [1.165, 1.54) is 17.0 Å². The van der Waals surface area contributed by atoms with Crippen LogP contribution in [0.15, 0.2) is 18.2 Å². The average Bonchev–Trinajstić information content (AvgIpc) is 3.21. The van der Waals surface area contributed by atoms with E-state index in [-0.39, 0.29) is 36.4 Å². The summed E-state index contributed by atoms with van der Waals surface area (Å²) in [7, 11) is 0. The molecule has 9 heteroatoms. The molecule has 0 aromatic heterocycles. The number of alkyl halides is 3. The number of carbonyl (C=O) groups is 1. The molecule has 1 amide bonds. The number of nitrogens with zero attached hydrogens (tertiary/aromatic N) is 3. The Hall–Kier alpha value is -3.22. The molecule has 1 saturated heterocycles. The smallest absolute Gasteiger partial charge is 0.417 e. The quantitative estimate of drug-likeness (QED) is 0.704. The first kappa shape index (κ1) is 23.4. The Kier molecular flexibility index (Phi) is 7.28. The number of nitrogens with one attached hydrogen (secondary N) is 1. The standard InChI is InChI=1S/C23H23F3N4O2/c1-2-16-8-9-17(12-27)30(16)22(31)14-29-15-6-10-18(11-7-15)32-21-5-3-4-20(19(21)13-28)23(24,25)26/h1,3-5,15-18,29H,6-11,14H2/t15?,16-,17-,18?/m0/s1. The predicted octanol–water partition coefficient (Wildman–Crippen LogP) is 3.37. The van der Waals surface area contributed by atoms with Crippen LogP contribution in [0.25, 0.3) is 0 Å². The van der Waals surface area contributed by atoms with Gasteiger partial charge in [0.05, 0.1) is 30.3 Å². The van der Waals surface area contributed by atoms with E-state index in [0.717, 1.165) is 6.07 Å². The van der Waals surface area contributed by atoms with Crippen LogP contribution < -0.4 is 10.1 Å². The summed E-state index contributed by atoms with van der Waals surface area (Å²) in [6.07, 6.45) is 4.20. The molecule has 0 spiro atoms. The van der Waals surface area contributed by atoms with Crippen molar-refractivity contribution in [3.05, 3.63) is 29.3 Å². The molecule has 3 rings (SSSR count). The van der Waals surface area contributed by atoms with E-state index in [1.807, 2.05) is 0 Å². The number of hydrogen-bond acceptors (Lipinski definition) is 5. The molecule has 1 N–H and O–H groups in total. The van der Waals surface area contributed by atoms with Crippen molar-refractivity contribution >= 4 is 5.91 Å². The van der Waals surface area contributed by atoms with Crippen LogP contribution >= 0.6 is 0 Å². The zero-order chi connectivity index (χ0) is 23.3. The third-order valence-electron chi connectivity index (χ3n) is 5.97. The number of ether oxygens (including phenoxy) is 1. The highest BCUT2D eigenvalue weighted by molar-refractivity contribution is 5.80. The van der Waals surface area contributed by atoms with Crippen molar-refractivity contribution in [3.63, 3.8) is 0 Å². The normalized spacial score (nSPS) is 25.4. The molecule has 168 valence electrons. The van der Waals surface area contributed by atoms with E-state index in [1.54, 1.807) is 6.07 Å². The highest BCUT2D eigenvalue weighted by atomic mass is 19.4. The highest BCUT2D eigenvalue weighted by Gasteiger charge is 2.37. The summed E-state index contributed by atoms with van der Waals surface area (Å²) in [5.41, 5.74) is -1.51.